The Labute approximate surface area is 153 Å². The van der Waals surface area contributed by atoms with Crippen molar-refractivity contribution in [2.24, 2.45) is 0 Å². The molecule has 4 rings (SSSR count). The summed E-state index contributed by atoms with van der Waals surface area (Å²) in [5.41, 5.74) is 1.51. The largest absolute Gasteiger partial charge is 0.497 e. The number of methoxy groups -OCH3 is 1. The quantitative estimate of drug-likeness (QED) is 0.558. The van der Waals surface area contributed by atoms with Crippen molar-refractivity contribution in [3.63, 3.8) is 0 Å². The number of nitrogens with zero attached hydrogens (tertiary/aromatic N) is 2. The highest BCUT2D eigenvalue weighted by molar-refractivity contribution is 7.17. The molecule has 0 bridgehead atoms. The number of hydrogen-bond donors (Lipinski definition) is 0. The van der Waals surface area contributed by atoms with E-state index >= 15 is 0 Å². The van der Waals surface area contributed by atoms with E-state index in [0.717, 1.165) is 11.3 Å². The van der Waals surface area contributed by atoms with E-state index in [1.165, 1.54) is 15.9 Å². The smallest absolute Gasteiger partial charge is 0.336 e. The van der Waals surface area contributed by atoms with Crippen molar-refractivity contribution in [2.45, 2.75) is 6.54 Å². The Bertz CT molecular complexity index is 1190. The number of rotatable bonds is 4. The first-order chi connectivity index (χ1) is 12.7. The molecule has 2 heterocycles. The van der Waals surface area contributed by atoms with Crippen LogP contribution in [0.2, 0.25) is 0 Å². The lowest BCUT2D eigenvalue weighted by Gasteiger charge is -2.13. The monoisotopic (exact) mass is 364 g/mol. The fraction of sp³-hybridized carbons (Fsp3) is 0.100. The van der Waals surface area contributed by atoms with Gasteiger partial charge < -0.3 is 4.74 Å². The van der Waals surface area contributed by atoms with E-state index in [2.05, 4.69) is 0 Å². The molecule has 26 heavy (non-hydrogen) atoms. The average Bonchev–Trinajstić information content (AvgIpc) is 3.16. The van der Waals surface area contributed by atoms with Crippen LogP contribution in [-0.4, -0.2) is 16.2 Å². The number of benzene rings is 2. The molecule has 0 atom stereocenters. The summed E-state index contributed by atoms with van der Waals surface area (Å²) < 4.78 is 8.70. The molecule has 130 valence electrons. The van der Waals surface area contributed by atoms with Gasteiger partial charge in [0.2, 0.25) is 0 Å². The van der Waals surface area contributed by atoms with Gasteiger partial charge in [0, 0.05) is 0 Å². The summed E-state index contributed by atoms with van der Waals surface area (Å²) in [5, 5.41) is 1.84. The molecule has 0 amide bonds. The highest BCUT2D eigenvalue weighted by Crippen LogP contribution is 2.19. The van der Waals surface area contributed by atoms with Crippen molar-refractivity contribution in [3.05, 3.63) is 92.4 Å². The Morgan fingerprint density at radius 2 is 1.81 bits per heavy atom. The SMILES string of the molecule is COc1cccc(Cn2c(=O)n(-c3ccccc3)c(=O)c3sccc32)c1. The molecule has 0 unspecified atom stereocenters. The van der Waals surface area contributed by atoms with Crippen LogP contribution in [0.25, 0.3) is 15.9 Å². The average molecular weight is 364 g/mol. The first-order valence-electron chi connectivity index (χ1n) is 8.10. The number of ether oxygens (including phenoxy) is 1. The molecule has 2 aromatic carbocycles. The molecule has 2 aromatic heterocycles. The van der Waals surface area contributed by atoms with E-state index in [1.54, 1.807) is 23.8 Å². The predicted molar refractivity (Wildman–Crippen MR) is 104 cm³/mol. The molecule has 0 aliphatic carbocycles. The van der Waals surface area contributed by atoms with Gasteiger partial charge in [0.1, 0.15) is 10.4 Å². The molecule has 6 heteroatoms. The van der Waals surface area contributed by atoms with E-state index in [9.17, 15) is 9.59 Å². The van der Waals surface area contributed by atoms with Gasteiger partial charge >= 0.3 is 5.69 Å². The van der Waals surface area contributed by atoms with Crippen LogP contribution in [0.5, 0.6) is 5.75 Å². The summed E-state index contributed by atoms with van der Waals surface area (Å²) in [4.78, 5) is 26.0. The van der Waals surface area contributed by atoms with E-state index in [-0.39, 0.29) is 11.2 Å². The second-order valence-corrected chi connectivity index (χ2v) is 6.75. The van der Waals surface area contributed by atoms with Crippen LogP contribution in [0, 0.1) is 0 Å². The second-order valence-electron chi connectivity index (χ2n) is 5.83. The minimum Gasteiger partial charge on any atom is -0.497 e. The molecule has 0 saturated heterocycles. The van der Waals surface area contributed by atoms with Gasteiger partial charge in [-0.25, -0.2) is 9.36 Å². The van der Waals surface area contributed by atoms with E-state index in [1.807, 2.05) is 53.9 Å². The van der Waals surface area contributed by atoms with Gasteiger partial charge in [0.05, 0.1) is 24.9 Å². The lowest BCUT2D eigenvalue weighted by molar-refractivity contribution is 0.414. The van der Waals surface area contributed by atoms with Crippen LogP contribution in [0.4, 0.5) is 0 Å². The zero-order chi connectivity index (χ0) is 18.1. The minimum atomic E-state index is -0.352. The van der Waals surface area contributed by atoms with Crippen LogP contribution >= 0.6 is 11.3 Å². The van der Waals surface area contributed by atoms with Crippen LogP contribution in [0.1, 0.15) is 5.56 Å². The predicted octanol–water partition coefficient (Wildman–Crippen LogP) is 3.27. The third-order valence-electron chi connectivity index (χ3n) is 4.24. The lowest BCUT2D eigenvalue weighted by Crippen LogP contribution is -2.38. The Morgan fingerprint density at radius 3 is 2.58 bits per heavy atom. The molecule has 0 spiro atoms. The number of hydrogen-bond acceptors (Lipinski definition) is 4. The molecular weight excluding hydrogens is 348 g/mol. The molecule has 5 nitrogen and oxygen atoms in total. The number of fused-ring (bicyclic) bond motifs is 1. The highest BCUT2D eigenvalue weighted by Gasteiger charge is 2.15. The molecule has 4 aromatic rings. The molecule has 0 radical (unpaired) electrons. The topological polar surface area (TPSA) is 53.2 Å². The normalized spacial score (nSPS) is 11.0. The second kappa shape index (κ2) is 6.65. The van der Waals surface area contributed by atoms with Crippen molar-refractivity contribution in [2.75, 3.05) is 7.11 Å². The first kappa shape index (κ1) is 16.4. The fourth-order valence-electron chi connectivity index (χ4n) is 3.00. The van der Waals surface area contributed by atoms with Crippen LogP contribution in [0.15, 0.2) is 75.6 Å². The van der Waals surface area contributed by atoms with Gasteiger partial charge in [-0.2, -0.15) is 0 Å². The van der Waals surface area contributed by atoms with Crippen molar-refractivity contribution < 1.29 is 4.74 Å². The molecule has 0 aliphatic rings. The summed E-state index contributed by atoms with van der Waals surface area (Å²) in [6, 6.07) is 18.4. The molecule has 0 fully saturated rings. The standard InChI is InChI=1S/C20H16N2O3S/c1-25-16-9-5-6-14(12-16)13-21-17-10-11-26-18(17)19(23)22(20(21)24)15-7-3-2-4-8-15/h2-12H,13H2,1H3. The van der Waals surface area contributed by atoms with Gasteiger partial charge in [-0.05, 0) is 41.3 Å². The number of thiophene rings is 1. The molecule has 0 N–H and O–H groups in total. The third-order valence-corrected chi connectivity index (χ3v) is 5.14. The number of aromatic nitrogens is 2. The maximum absolute atomic E-state index is 13.2. The molecule has 0 saturated carbocycles. The Hall–Kier alpha value is -3.12. The van der Waals surface area contributed by atoms with E-state index in [0.29, 0.717) is 22.4 Å². The van der Waals surface area contributed by atoms with Gasteiger partial charge in [0.15, 0.2) is 0 Å². The lowest BCUT2D eigenvalue weighted by atomic mass is 10.2. The van der Waals surface area contributed by atoms with Gasteiger partial charge in [-0.3, -0.25) is 9.36 Å². The first-order valence-corrected chi connectivity index (χ1v) is 8.98. The zero-order valence-electron chi connectivity index (χ0n) is 14.1. The summed E-state index contributed by atoms with van der Waals surface area (Å²) in [6.45, 7) is 0.358. The van der Waals surface area contributed by atoms with Gasteiger partial charge in [-0.1, -0.05) is 30.3 Å². The Kier molecular flexibility index (Phi) is 4.18. The Morgan fingerprint density at radius 1 is 1.00 bits per heavy atom. The summed E-state index contributed by atoms with van der Waals surface area (Å²) >= 11 is 1.35. The van der Waals surface area contributed by atoms with Crippen molar-refractivity contribution >= 4 is 21.6 Å². The van der Waals surface area contributed by atoms with Crippen LogP contribution in [-0.2, 0) is 6.54 Å². The molecule has 0 aliphatic heterocycles. The summed E-state index contributed by atoms with van der Waals surface area (Å²) in [5.74, 6) is 0.730. The summed E-state index contributed by atoms with van der Waals surface area (Å²) in [7, 11) is 1.61. The maximum Gasteiger partial charge on any atom is 0.336 e. The third kappa shape index (κ3) is 2.74. The van der Waals surface area contributed by atoms with E-state index < -0.39 is 0 Å². The number of para-hydroxylation sites is 1. The molecular formula is C20H16N2O3S. The maximum atomic E-state index is 13.2. The highest BCUT2D eigenvalue weighted by atomic mass is 32.1. The Balaban J connectivity index is 1.96. The van der Waals surface area contributed by atoms with E-state index in [4.69, 9.17) is 4.74 Å². The van der Waals surface area contributed by atoms with Crippen LogP contribution < -0.4 is 16.0 Å². The zero-order valence-corrected chi connectivity index (χ0v) is 14.9. The van der Waals surface area contributed by atoms with Crippen molar-refractivity contribution in [1.29, 1.82) is 0 Å². The van der Waals surface area contributed by atoms with Gasteiger partial charge in [-0.15, -0.1) is 11.3 Å². The fourth-order valence-corrected chi connectivity index (χ4v) is 3.82. The minimum absolute atomic E-state index is 0.284. The van der Waals surface area contributed by atoms with Crippen molar-refractivity contribution in [3.8, 4) is 11.4 Å². The van der Waals surface area contributed by atoms with Crippen molar-refractivity contribution in [1.82, 2.24) is 9.13 Å². The van der Waals surface area contributed by atoms with Crippen LogP contribution in [0.3, 0.4) is 0 Å². The summed E-state index contributed by atoms with van der Waals surface area (Å²) in [6.07, 6.45) is 0. The van der Waals surface area contributed by atoms with Gasteiger partial charge in [0.25, 0.3) is 5.56 Å².